The Labute approximate surface area is 142 Å². The van der Waals surface area contributed by atoms with Gasteiger partial charge in [0.2, 0.25) is 0 Å². The standard InChI is InChI=1S/C22H46/c1-15-21(17(3,4)5,18(6,7)8)22(16-2,19(9,10)11)20(12,13)14/h15-16H2,1-14H3. The summed E-state index contributed by atoms with van der Waals surface area (Å²) in [6.07, 6.45) is 2.45. The van der Waals surface area contributed by atoms with Crippen LogP contribution >= 0.6 is 0 Å². The Morgan fingerprint density at radius 2 is 0.500 bits per heavy atom. The van der Waals surface area contributed by atoms with Crippen molar-refractivity contribution in [2.45, 2.75) is 110 Å². The molecule has 0 aromatic rings. The lowest BCUT2D eigenvalue weighted by Gasteiger charge is -2.72. The van der Waals surface area contributed by atoms with E-state index in [2.05, 4.69) is 96.9 Å². The zero-order valence-corrected chi connectivity index (χ0v) is 18.4. The molecular formula is C22H46. The van der Waals surface area contributed by atoms with Crippen molar-refractivity contribution in [2.24, 2.45) is 32.5 Å². The molecule has 0 heterocycles. The van der Waals surface area contributed by atoms with E-state index < -0.39 is 0 Å². The number of rotatable bonds is 3. The van der Waals surface area contributed by atoms with Gasteiger partial charge in [-0.05, 0) is 45.3 Å². The second-order valence-corrected chi connectivity index (χ2v) is 11.5. The third-order valence-corrected chi connectivity index (χ3v) is 6.91. The number of hydrogen-bond donors (Lipinski definition) is 0. The van der Waals surface area contributed by atoms with Crippen molar-refractivity contribution >= 4 is 0 Å². The van der Waals surface area contributed by atoms with Crippen LogP contribution in [0.5, 0.6) is 0 Å². The fraction of sp³-hybridized carbons (Fsp3) is 1.00. The van der Waals surface area contributed by atoms with Crippen LogP contribution in [0.25, 0.3) is 0 Å². The molecule has 0 saturated heterocycles. The molecule has 0 spiro atoms. The first-order valence-electron chi connectivity index (χ1n) is 9.37. The molecule has 0 fully saturated rings. The van der Waals surface area contributed by atoms with Gasteiger partial charge in [-0.2, -0.15) is 0 Å². The van der Waals surface area contributed by atoms with Crippen LogP contribution in [-0.4, -0.2) is 0 Å². The first kappa shape index (κ1) is 22.0. The molecule has 0 atom stereocenters. The summed E-state index contributed by atoms with van der Waals surface area (Å²) in [5, 5.41) is 0. The van der Waals surface area contributed by atoms with E-state index in [0.29, 0.717) is 0 Å². The highest BCUT2D eigenvalue weighted by Crippen LogP contribution is 2.74. The molecule has 22 heavy (non-hydrogen) atoms. The van der Waals surface area contributed by atoms with Crippen molar-refractivity contribution in [3.05, 3.63) is 0 Å². The normalized spacial score (nSPS) is 16.1. The van der Waals surface area contributed by atoms with E-state index >= 15 is 0 Å². The van der Waals surface area contributed by atoms with Gasteiger partial charge >= 0.3 is 0 Å². The molecule has 0 aliphatic rings. The van der Waals surface area contributed by atoms with Gasteiger partial charge in [0.15, 0.2) is 0 Å². The Kier molecular flexibility index (Phi) is 5.82. The van der Waals surface area contributed by atoms with Crippen LogP contribution in [0.1, 0.15) is 110 Å². The van der Waals surface area contributed by atoms with Gasteiger partial charge in [-0.3, -0.25) is 0 Å². The average molecular weight is 311 g/mol. The second-order valence-electron chi connectivity index (χ2n) is 11.5. The molecule has 0 saturated carbocycles. The summed E-state index contributed by atoms with van der Waals surface area (Å²) < 4.78 is 0. The van der Waals surface area contributed by atoms with Crippen LogP contribution in [0.15, 0.2) is 0 Å². The molecule has 0 unspecified atom stereocenters. The lowest BCUT2D eigenvalue weighted by atomic mass is 9.32. The highest BCUT2D eigenvalue weighted by Gasteiger charge is 2.68. The first-order chi connectivity index (χ1) is 9.37. The van der Waals surface area contributed by atoms with E-state index in [1.54, 1.807) is 0 Å². The van der Waals surface area contributed by atoms with E-state index in [9.17, 15) is 0 Å². The maximum absolute atomic E-state index is 2.48. The van der Waals surface area contributed by atoms with Crippen LogP contribution < -0.4 is 0 Å². The molecule has 134 valence electrons. The second kappa shape index (κ2) is 5.82. The lowest BCUT2D eigenvalue weighted by Crippen LogP contribution is -2.66. The summed E-state index contributed by atoms with van der Waals surface area (Å²) in [5.41, 5.74) is 1.48. The Morgan fingerprint density at radius 3 is 0.545 bits per heavy atom. The van der Waals surface area contributed by atoms with E-state index in [1.807, 2.05) is 0 Å². The molecular weight excluding hydrogens is 264 g/mol. The van der Waals surface area contributed by atoms with Crippen molar-refractivity contribution in [3.8, 4) is 0 Å². The van der Waals surface area contributed by atoms with E-state index in [0.717, 1.165) is 0 Å². The molecule has 0 aromatic carbocycles. The largest absolute Gasteiger partial charge is 0.0648 e. The average Bonchev–Trinajstić information content (AvgIpc) is 2.17. The minimum absolute atomic E-state index is 0.247. The third kappa shape index (κ3) is 2.78. The molecule has 0 N–H and O–H groups in total. The van der Waals surface area contributed by atoms with Gasteiger partial charge < -0.3 is 0 Å². The SMILES string of the molecule is CCC(C(C)(C)C)(C(C)(C)C)C(CC)(C(C)(C)C)C(C)(C)C. The molecule has 0 bridgehead atoms. The lowest BCUT2D eigenvalue weighted by molar-refractivity contribution is -0.244. The molecule has 0 heteroatoms. The Hall–Kier alpha value is 0. The zero-order valence-electron chi connectivity index (χ0n) is 18.4. The zero-order chi connectivity index (χ0) is 18.4. The Bertz CT molecular complexity index is 291. The van der Waals surface area contributed by atoms with Crippen molar-refractivity contribution in [2.75, 3.05) is 0 Å². The predicted molar refractivity (Wildman–Crippen MR) is 103 cm³/mol. The molecule has 0 radical (unpaired) electrons. The highest BCUT2D eigenvalue weighted by atomic mass is 14.7. The molecule has 0 aliphatic carbocycles. The minimum Gasteiger partial charge on any atom is -0.0648 e. The van der Waals surface area contributed by atoms with Crippen LogP contribution in [0.3, 0.4) is 0 Å². The van der Waals surface area contributed by atoms with Crippen molar-refractivity contribution in [1.82, 2.24) is 0 Å². The van der Waals surface area contributed by atoms with Crippen molar-refractivity contribution in [1.29, 1.82) is 0 Å². The summed E-state index contributed by atoms with van der Waals surface area (Å²) in [6, 6.07) is 0. The maximum Gasteiger partial charge on any atom is -0.0137 e. The molecule has 0 amide bonds. The topological polar surface area (TPSA) is 0 Å². The van der Waals surface area contributed by atoms with Gasteiger partial charge in [0.05, 0.1) is 0 Å². The quantitative estimate of drug-likeness (QED) is 0.496. The van der Waals surface area contributed by atoms with Gasteiger partial charge in [-0.25, -0.2) is 0 Å². The summed E-state index contributed by atoms with van der Waals surface area (Å²) in [4.78, 5) is 0. The van der Waals surface area contributed by atoms with Crippen molar-refractivity contribution < 1.29 is 0 Å². The van der Waals surface area contributed by atoms with Gasteiger partial charge in [0.25, 0.3) is 0 Å². The van der Waals surface area contributed by atoms with Crippen LogP contribution in [0.2, 0.25) is 0 Å². The molecule has 0 aliphatic heterocycles. The maximum atomic E-state index is 2.48. The van der Waals surface area contributed by atoms with Crippen molar-refractivity contribution in [3.63, 3.8) is 0 Å². The van der Waals surface area contributed by atoms with E-state index in [4.69, 9.17) is 0 Å². The molecule has 0 aromatic heterocycles. The van der Waals surface area contributed by atoms with Gasteiger partial charge in [-0.1, -0.05) is 96.9 Å². The molecule has 0 rings (SSSR count). The fourth-order valence-electron chi connectivity index (χ4n) is 7.54. The highest BCUT2D eigenvalue weighted by molar-refractivity contribution is 5.16. The number of hydrogen-bond acceptors (Lipinski definition) is 0. The van der Waals surface area contributed by atoms with Crippen LogP contribution in [0, 0.1) is 32.5 Å². The van der Waals surface area contributed by atoms with E-state index in [1.165, 1.54) is 12.8 Å². The van der Waals surface area contributed by atoms with Crippen LogP contribution in [-0.2, 0) is 0 Å². The Balaban J connectivity index is 7.16. The Morgan fingerprint density at radius 1 is 0.364 bits per heavy atom. The summed E-state index contributed by atoms with van der Waals surface area (Å²) >= 11 is 0. The van der Waals surface area contributed by atoms with Crippen LogP contribution in [0.4, 0.5) is 0 Å². The third-order valence-electron chi connectivity index (χ3n) is 6.91. The summed E-state index contributed by atoms with van der Waals surface area (Å²) in [6.45, 7) is 34.6. The smallest absolute Gasteiger partial charge is 0.0137 e. The van der Waals surface area contributed by atoms with Gasteiger partial charge in [0.1, 0.15) is 0 Å². The van der Waals surface area contributed by atoms with Gasteiger partial charge in [-0.15, -0.1) is 0 Å². The predicted octanol–water partition coefficient (Wildman–Crippen LogP) is 7.96. The minimum atomic E-state index is 0.247. The molecule has 0 nitrogen and oxygen atoms in total. The monoisotopic (exact) mass is 310 g/mol. The first-order valence-corrected chi connectivity index (χ1v) is 9.37. The fourth-order valence-corrected chi connectivity index (χ4v) is 7.54. The van der Waals surface area contributed by atoms with Gasteiger partial charge in [0, 0.05) is 0 Å². The summed E-state index contributed by atoms with van der Waals surface area (Å²) in [7, 11) is 0. The summed E-state index contributed by atoms with van der Waals surface area (Å²) in [5.74, 6) is 0. The van der Waals surface area contributed by atoms with E-state index in [-0.39, 0.29) is 32.5 Å².